The van der Waals surface area contributed by atoms with E-state index in [0.29, 0.717) is 38.0 Å². The largest absolute Gasteiger partial charge is 0.472 e. The van der Waals surface area contributed by atoms with Gasteiger partial charge in [0, 0.05) is 23.3 Å². The number of benzene rings is 1. The van der Waals surface area contributed by atoms with E-state index >= 15 is 0 Å². The first kappa shape index (κ1) is 36.2. The number of rotatable bonds is 6. The molecule has 3 aliphatic carbocycles. The van der Waals surface area contributed by atoms with Crippen LogP contribution in [0.15, 0.2) is 36.4 Å². The molecule has 1 saturated heterocycles. The lowest BCUT2D eigenvalue weighted by atomic mass is 10.0. The van der Waals surface area contributed by atoms with Gasteiger partial charge >= 0.3 is 6.09 Å². The summed E-state index contributed by atoms with van der Waals surface area (Å²) in [5.74, 6) is -1.72. The van der Waals surface area contributed by atoms with Gasteiger partial charge in [-0.2, -0.15) is 0 Å². The maximum atomic E-state index is 14.5. The van der Waals surface area contributed by atoms with E-state index in [1.165, 1.54) is 10.5 Å². The Bertz CT molecular complexity index is 1900. The lowest BCUT2D eigenvalue weighted by Crippen LogP contribution is -2.58. The highest BCUT2D eigenvalue weighted by atomic mass is 32.2. The fourth-order valence-corrected chi connectivity index (χ4v) is 9.20. The van der Waals surface area contributed by atoms with Gasteiger partial charge in [-0.15, -0.1) is 0 Å². The van der Waals surface area contributed by atoms with E-state index < -0.39 is 74.3 Å². The van der Waals surface area contributed by atoms with E-state index in [0.717, 1.165) is 48.6 Å². The molecule has 5 aliphatic rings. The van der Waals surface area contributed by atoms with Crippen molar-refractivity contribution in [2.75, 3.05) is 6.54 Å². The molecule has 3 heterocycles. The van der Waals surface area contributed by atoms with Crippen molar-refractivity contribution in [3.63, 3.8) is 0 Å². The number of hydrogen-bond acceptors (Lipinski definition) is 9. The highest BCUT2D eigenvalue weighted by molar-refractivity contribution is 7.91. The van der Waals surface area contributed by atoms with Crippen LogP contribution in [0.2, 0.25) is 0 Å². The highest BCUT2D eigenvalue weighted by Crippen LogP contribution is 2.46. The molecule has 2 aliphatic heterocycles. The molecular formula is C38H49N5O8S. The maximum absolute atomic E-state index is 14.5. The number of aromatic nitrogens is 1. The Morgan fingerprint density at radius 2 is 1.79 bits per heavy atom. The fraction of sp³-hybridized carbons (Fsp3) is 0.605. The first-order valence-electron chi connectivity index (χ1n) is 18.7. The first-order chi connectivity index (χ1) is 24.7. The van der Waals surface area contributed by atoms with Gasteiger partial charge in [0.15, 0.2) is 0 Å². The molecule has 2 saturated carbocycles. The van der Waals surface area contributed by atoms with Crippen LogP contribution in [-0.2, 0) is 42.0 Å². The molecule has 14 heteroatoms. The monoisotopic (exact) mass is 735 g/mol. The third-order valence-corrected chi connectivity index (χ3v) is 12.6. The molecule has 280 valence electrons. The first-order valence-corrected chi connectivity index (χ1v) is 20.2. The van der Waals surface area contributed by atoms with Crippen molar-refractivity contribution in [1.29, 1.82) is 0 Å². The van der Waals surface area contributed by atoms with Crippen LogP contribution in [0.3, 0.4) is 0 Å². The molecule has 0 unspecified atom stereocenters. The molecule has 5 atom stereocenters. The summed E-state index contributed by atoms with van der Waals surface area (Å²) in [6.45, 7) is 5.27. The number of fused-ring (bicyclic) bond motifs is 5. The van der Waals surface area contributed by atoms with E-state index in [1.54, 1.807) is 20.8 Å². The summed E-state index contributed by atoms with van der Waals surface area (Å²) in [7, 11) is -3.87. The van der Waals surface area contributed by atoms with Crippen LogP contribution in [0.5, 0.6) is 5.88 Å². The molecule has 13 nitrogen and oxygen atoms in total. The summed E-state index contributed by atoms with van der Waals surface area (Å²) >= 11 is 0. The van der Waals surface area contributed by atoms with Crippen LogP contribution in [-0.4, -0.2) is 83.2 Å². The molecule has 1 aromatic carbocycles. The van der Waals surface area contributed by atoms with Crippen molar-refractivity contribution in [2.24, 2.45) is 5.92 Å². The molecule has 3 fully saturated rings. The van der Waals surface area contributed by atoms with E-state index in [1.807, 2.05) is 30.4 Å². The average molecular weight is 736 g/mol. The minimum absolute atomic E-state index is 0.0469. The second-order valence-electron chi connectivity index (χ2n) is 15.9. The van der Waals surface area contributed by atoms with E-state index in [2.05, 4.69) is 21.4 Å². The van der Waals surface area contributed by atoms with Crippen molar-refractivity contribution in [2.45, 2.75) is 132 Å². The second-order valence-corrected chi connectivity index (χ2v) is 17.9. The Hall–Kier alpha value is -4.20. The lowest BCUT2D eigenvalue weighted by Gasteiger charge is -2.30. The summed E-state index contributed by atoms with van der Waals surface area (Å²) in [6, 6.07) is 5.89. The molecule has 4 amide bonds. The highest BCUT2D eigenvalue weighted by Gasteiger charge is 2.62. The molecular weight excluding hydrogens is 687 g/mol. The third kappa shape index (κ3) is 7.62. The Kier molecular flexibility index (Phi) is 9.72. The van der Waals surface area contributed by atoms with Crippen LogP contribution in [0.25, 0.3) is 10.9 Å². The van der Waals surface area contributed by atoms with Gasteiger partial charge in [-0.1, -0.05) is 43.2 Å². The average Bonchev–Trinajstić information content (AvgIpc) is 3.95. The minimum Gasteiger partial charge on any atom is -0.472 e. The van der Waals surface area contributed by atoms with Gasteiger partial charge in [0.2, 0.25) is 27.7 Å². The van der Waals surface area contributed by atoms with Crippen molar-refractivity contribution in [1.82, 2.24) is 25.2 Å². The summed E-state index contributed by atoms with van der Waals surface area (Å²) < 4.78 is 40.0. The summed E-state index contributed by atoms with van der Waals surface area (Å²) in [4.78, 5) is 61.8. The standard InChI is InChI=1S/C38H49N5O8S/c1-37(2,3)51-36(47)40-30-17-8-6-4-5-7-12-23-21-38(23,35(46)42-52(48,49)25-18-19-25)41-32(44)31-20-24(22-43(31)34(30)45)50-33-28-15-11-14-26(28)27-13-9-10-16-29(27)39-33/h7,9-10,12-13,16,23-25,30-31H,4-6,8,11,14-15,17-22H2,1-3H3,(H,40,47)(H,41,44)(H,42,46)/t23-,24-,30+,31+,38-/m1/s1. The number of alkyl carbamates (subject to hydrolysis) is 1. The Balaban J connectivity index is 1.20. The number of nitrogens with zero attached hydrogens (tertiary/aromatic N) is 2. The van der Waals surface area contributed by atoms with Crippen molar-refractivity contribution >= 4 is 44.7 Å². The summed E-state index contributed by atoms with van der Waals surface area (Å²) in [5.41, 5.74) is 0.778. The zero-order valence-corrected chi connectivity index (χ0v) is 30.9. The fourth-order valence-electron chi connectivity index (χ4n) is 7.83. The van der Waals surface area contributed by atoms with Gasteiger partial charge < -0.3 is 25.0 Å². The van der Waals surface area contributed by atoms with Gasteiger partial charge in [0.25, 0.3) is 5.91 Å². The smallest absolute Gasteiger partial charge is 0.408 e. The minimum atomic E-state index is -3.87. The van der Waals surface area contributed by atoms with Crippen molar-refractivity contribution < 1.29 is 37.1 Å². The van der Waals surface area contributed by atoms with E-state index in [4.69, 9.17) is 14.5 Å². The molecule has 0 radical (unpaired) electrons. The number of sulfonamides is 1. The zero-order valence-electron chi connectivity index (χ0n) is 30.1. The summed E-state index contributed by atoms with van der Waals surface area (Å²) in [6.07, 6.45) is 9.77. The zero-order chi connectivity index (χ0) is 36.8. The van der Waals surface area contributed by atoms with Crippen LogP contribution < -0.4 is 20.1 Å². The number of allylic oxidation sites excluding steroid dienone is 1. The normalized spacial score (nSPS) is 28.1. The van der Waals surface area contributed by atoms with Crippen molar-refractivity contribution in [3.05, 3.63) is 47.5 Å². The predicted octanol–water partition coefficient (Wildman–Crippen LogP) is 3.97. The molecule has 52 heavy (non-hydrogen) atoms. The Morgan fingerprint density at radius 1 is 1.02 bits per heavy atom. The number of carbonyl (C=O) groups is 4. The topological polar surface area (TPSA) is 173 Å². The number of ether oxygens (including phenoxy) is 2. The number of pyridine rings is 1. The molecule has 7 rings (SSSR count). The predicted molar refractivity (Wildman–Crippen MR) is 193 cm³/mol. The van der Waals surface area contributed by atoms with Gasteiger partial charge in [0.05, 0.1) is 17.3 Å². The number of carbonyl (C=O) groups excluding carboxylic acids is 4. The number of para-hydroxylation sites is 1. The lowest BCUT2D eigenvalue weighted by molar-refractivity contribution is -0.141. The van der Waals surface area contributed by atoms with Crippen molar-refractivity contribution in [3.8, 4) is 5.88 Å². The molecule has 0 spiro atoms. The number of nitrogens with one attached hydrogen (secondary N) is 3. The number of aryl methyl sites for hydroxylation is 1. The Labute approximate surface area is 304 Å². The number of hydrogen-bond donors (Lipinski definition) is 3. The van der Waals surface area contributed by atoms with Gasteiger partial charge in [0.1, 0.15) is 29.3 Å². The van der Waals surface area contributed by atoms with Crippen LogP contribution in [0.4, 0.5) is 4.79 Å². The van der Waals surface area contributed by atoms with E-state index in [9.17, 15) is 27.6 Å². The molecule has 2 aromatic rings. The SMILES string of the molecule is CC(C)(C)OC(=O)N[C@H]1CCCCCC=C[C@@H]2C[C@@]2(C(=O)NS(=O)(=O)C2CC2)NC(=O)[C@@H]2C[C@@H](Oc3nc4ccccc4c4c3CCC4)CN2C1=O. The maximum Gasteiger partial charge on any atom is 0.408 e. The molecule has 0 bridgehead atoms. The van der Waals surface area contributed by atoms with Crippen LogP contribution in [0, 0.1) is 5.92 Å². The Morgan fingerprint density at radius 3 is 2.56 bits per heavy atom. The quantitative estimate of drug-likeness (QED) is 0.371. The number of amides is 4. The van der Waals surface area contributed by atoms with Gasteiger partial charge in [-0.25, -0.2) is 18.2 Å². The summed E-state index contributed by atoms with van der Waals surface area (Å²) in [5, 5.41) is 6.15. The van der Waals surface area contributed by atoms with Gasteiger partial charge in [-0.05, 0) is 90.2 Å². The molecule has 3 N–H and O–H groups in total. The van der Waals surface area contributed by atoms with Gasteiger partial charge in [-0.3, -0.25) is 19.1 Å². The van der Waals surface area contributed by atoms with E-state index in [-0.39, 0.29) is 19.4 Å². The van der Waals surface area contributed by atoms with Crippen LogP contribution >= 0.6 is 0 Å². The third-order valence-electron chi connectivity index (χ3n) is 10.7. The molecule has 1 aromatic heterocycles. The van der Waals surface area contributed by atoms with Crippen LogP contribution in [0.1, 0.15) is 96.1 Å². The second kappa shape index (κ2) is 14.0.